The van der Waals surface area contributed by atoms with Crippen molar-refractivity contribution in [2.45, 2.75) is 0 Å². The van der Waals surface area contributed by atoms with Crippen molar-refractivity contribution in [3.05, 3.63) is 5.28 Å². The van der Waals surface area contributed by atoms with Gasteiger partial charge in [-0.05, 0) is 22.0 Å². The number of nitrogens with zero attached hydrogens (tertiary/aromatic N) is 6. The predicted molar refractivity (Wildman–Crippen MR) is 35.4 cm³/mol. The summed E-state index contributed by atoms with van der Waals surface area (Å²) in [7, 11) is 0. The van der Waals surface area contributed by atoms with E-state index >= 15 is 0 Å². The highest BCUT2D eigenvalue weighted by molar-refractivity contribution is 6.28. The minimum absolute atomic E-state index is 0.0261. The number of halogens is 1. The van der Waals surface area contributed by atoms with E-state index in [0.29, 0.717) is 4.85 Å². The second kappa shape index (κ2) is 2.41. The average molecular weight is 188 g/mol. The van der Waals surface area contributed by atoms with Crippen LogP contribution in [0.3, 0.4) is 0 Å². The molecule has 0 aromatic carbocycles. The van der Waals surface area contributed by atoms with Gasteiger partial charge in [-0.25, -0.2) is 5.10 Å². The van der Waals surface area contributed by atoms with E-state index in [4.69, 9.17) is 16.8 Å². The van der Waals surface area contributed by atoms with Crippen molar-refractivity contribution < 1.29 is 5.21 Å². The van der Waals surface area contributed by atoms with Crippen molar-refractivity contribution in [2.24, 2.45) is 0 Å². The third kappa shape index (κ3) is 0.975. The molecule has 0 saturated carbocycles. The largest absolute Gasteiger partial charge is 0.409 e. The molecule has 0 aliphatic rings. The normalized spacial score (nSPS) is 10.4. The van der Waals surface area contributed by atoms with Gasteiger partial charge in [0, 0.05) is 0 Å². The molecule has 0 atom stereocenters. The first kappa shape index (κ1) is 6.98. The van der Waals surface area contributed by atoms with Gasteiger partial charge in [-0.1, -0.05) is 4.85 Å². The van der Waals surface area contributed by atoms with E-state index in [-0.39, 0.29) is 16.9 Å². The maximum atomic E-state index is 8.96. The molecule has 2 aromatic rings. The third-order valence-electron chi connectivity index (χ3n) is 1.11. The molecule has 0 spiro atoms. The molecule has 0 aliphatic heterocycles. The number of tetrazole rings is 1. The van der Waals surface area contributed by atoms with Crippen molar-refractivity contribution in [1.82, 2.24) is 35.6 Å². The fourth-order valence-electron chi connectivity index (χ4n) is 0.659. The molecule has 0 saturated heterocycles. The average Bonchev–Trinajstić information content (AvgIpc) is 2.58. The molecule has 0 aliphatic carbocycles. The SMILES string of the molecule is On1nnnc1-c1n[nH]c(Cl)n1. The lowest BCUT2D eigenvalue weighted by Gasteiger charge is -1.86. The molecule has 62 valence electrons. The number of hydrogen-bond donors (Lipinski definition) is 2. The molecular weight excluding hydrogens is 186 g/mol. The summed E-state index contributed by atoms with van der Waals surface area (Å²) in [5, 5.41) is 24.9. The highest BCUT2D eigenvalue weighted by Crippen LogP contribution is 2.09. The van der Waals surface area contributed by atoms with Crippen LogP contribution in [-0.4, -0.2) is 40.8 Å². The molecule has 0 amide bonds. The number of hydrogen-bond acceptors (Lipinski definition) is 6. The Morgan fingerprint density at radius 2 is 2.33 bits per heavy atom. The first-order valence-electron chi connectivity index (χ1n) is 2.83. The summed E-state index contributed by atoms with van der Waals surface area (Å²) >= 11 is 5.44. The molecule has 9 heteroatoms. The van der Waals surface area contributed by atoms with Gasteiger partial charge in [-0.15, -0.1) is 10.2 Å². The van der Waals surface area contributed by atoms with Crippen molar-refractivity contribution in [3.8, 4) is 11.6 Å². The molecule has 2 heterocycles. The second-order valence-corrected chi connectivity index (χ2v) is 2.20. The molecule has 12 heavy (non-hydrogen) atoms. The molecule has 2 N–H and O–H groups in total. The Kier molecular flexibility index (Phi) is 1.40. The van der Waals surface area contributed by atoms with Crippen LogP contribution in [0.1, 0.15) is 0 Å². The van der Waals surface area contributed by atoms with Gasteiger partial charge in [0.2, 0.25) is 11.1 Å². The van der Waals surface area contributed by atoms with Gasteiger partial charge in [0.25, 0.3) is 5.82 Å². The van der Waals surface area contributed by atoms with E-state index in [1.54, 1.807) is 0 Å². The molecule has 2 rings (SSSR count). The lowest BCUT2D eigenvalue weighted by Crippen LogP contribution is -1.97. The summed E-state index contributed by atoms with van der Waals surface area (Å²) in [6.07, 6.45) is 0. The van der Waals surface area contributed by atoms with Crippen LogP contribution < -0.4 is 0 Å². The Morgan fingerprint density at radius 1 is 1.50 bits per heavy atom. The Balaban J connectivity index is 2.50. The van der Waals surface area contributed by atoms with Crippen LogP contribution in [0.2, 0.25) is 5.28 Å². The van der Waals surface area contributed by atoms with E-state index < -0.39 is 0 Å². The first-order valence-corrected chi connectivity index (χ1v) is 3.21. The summed E-state index contributed by atoms with van der Waals surface area (Å²) in [5.74, 6) is 0.158. The molecule has 0 radical (unpaired) electrons. The Morgan fingerprint density at radius 3 is 2.83 bits per heavy atom. The van der Waals surface area contributed by atoms with Gasteiger partial charge in [0.1, 0.15) is 0 Å². The van der Waals surface area contributed by atoms with Gasteiger partial charge in [-0.2, -0.15) is 4.98 Å². The van der Waals surface area contributed by atoms with Crippen LogP contribution in [0, 0.1) is 0 Å². The van der Waals surface area contributed by atoms with Crippen LogP contribution in [-0.2, 0) is 0 Å². The number of H-pyrrole nitrogens is 1. The summed E-state index contributed by atoms with van der Waals surface area (Å²) in [6.45, 7) is 0. The van der Waals surface area contributed by atoms with Crippen LogP contribution in [0.5, 0.6) is 0 Å². The molecule has 0 unspecified atom stereocenters. The summed E-state index contributed by atoms with van der Waals surface area (Å²) in [6, 6.07) is 0. The smallest absolute Gasteiger partial charge is 0.261 e. The predicted octanol–water partition coefficient (Wildman–Crippen LogP) is -0.651. The van der Waals surface area contributed by atoms with Crippen LogP contribution in [0.15, 0.2) is 0 Å². The van der Waals surface area contributed by atoms with E-state index in [2.05, 4.69) is 30.7 Å². The van der Waals surface area contributed by atoms with Crippen LogP contribution >= 0.6 is 11.6 Å². The number of rotatable bonds is 1. The van der Waals surface area contributed by atoms with E-state index in [0.717, 1.165) is 0 Å². The third-order valence-corrected chi connectivity index (χ3v) is 1.28. The topological polar surface area (TPSA) is 105 Å². The van der Waals surface area contributed by atoms with Gasteiger partial charge in [-0.3, -0.25) is 0 Å². The maximum absolute atomic E-state index is 8.96. The minimum Gasteiger partial charge on any atom is -0.409 e. The Bertz CT molecular complexity index is 393. The summed E-state index contributed by atoms with van der Waals surface area (Å²) in [4.78, 5) is 4.15. The maximum Gasteiger partial charge on any atom is 0.261 e. The lowest BCUT2D eigenvalue weighted by molar-refractivity contribution is 0.147. The van der Waals surface area contributed by atoms with E-state index in [9.17, 15) is 0 Å². The van der Waals surface area contributed by atoms with Crippen molar-refractivity contribution >= 4 is 11.6 Å². The van der Waals surface area contributed by atoms with E-state index in [1.165, 1.54) is 0 Å². The standard InChI is InChI=1S/C3H2ClN7O/c4-3-5-1(6-8-3)2-7-9-10-11(2)12/h12H,(H,5,6,8). The number of aromatic amines is 1. The van der Waals surface area contributed by atoms with E-state index in [1.807, 2.05) is 0 Å². The quantitative estimate of drug-likeness (QED) is 0.575. The monoisotopic (exact) mass is 187 g/mol. The molecule has 0 fully saturated rings. The molecule has 2 aromatic heterocycles. The lowest BCUT2D eigenvalue weighted by atomic mass is 10.6. The minimum atomic E-state index is 0.0261. The van der Waals surface area contributed by atoms with Gasteiger partial charge >= 0.3 is 0 Å². The van der Waals surface area contributed by atoms with Gasteiger partial charge < -0.3 is 5.21 Å². The highest BCUT2D eigenvalue weighted by Gasteiger charge is 2.12. The van der Waals surface area contributed by atoms with Gasteiger partial charge in [0.05, 0.1) is 0 Å². The highest BCUT2D eigenvalue weighted by atomic mass is 35.5. The first-order chi connectivity index (χ1) is 5.77. The molecule has 8 nitrogen and oxygen atoms in total. The zero-order valence-electron chi connectivity index (χ0n) is 5.51. The molecular formula is C3H2ClN7O. The second-order valence-electron chi connectivity index (χ2n) is 1.84. The summed E-state index contributed by atoms with van der Waals surface area (Å²) < 4.78 is 0. The fraction of sp³-hybridized carbons (Fsp3) is 0. The van der Waals surface area contributed by atoms with Crippen molar-refractivity contribution in [2.75, 3.05) is 0 Å². The van der Waals surface area contributed by atoms with Crippen molar-refractivity contribution in [1.29, 1.82) is 0 Å². The molecule has 0 bridgehead atoms. The Hall–Kier alpha value is -1.70. The zero-order valence-corrected chi connectivity index (χ0v) is 6.26. The van der Waals surface area contributed by atoms with Crippen LogP contribution in [0.4, 0.5) is 0 Å². The number of nitrogens with one attached hydrogen (secondary N) is 1. The summed E-state index contributed by atoms with van der Waals surface area (Å²) in [5.41, 5.74) is 0. The van der Waals surface area contributed by atoms with Gasteiger partial charge in [0.15, 0.2) is 0 Å². The van der Waals surface area contributed by atoms with Crippen LogP contribution in [0.25, 0.3) is 11.6 Å². The fourth-order valence-corrected chi connectivity index (χ4v) is 0.781. The Labute approximate surface area is 70.1 Å². The van der Waals surface area contributed by atoms with Crippen molar-refractivity contribution in [3.63, 3.8) is 0 Å². The number of aromatic nitrogens is 7. The zero-order chi connectivity index (χ0) is 8.55.